The first-order chi connectivity index (χ1) is 10.9. The van der Waals surface area contributed by atoms with E-state index in [4.69, 9.17) is 0 Å². The molecule has 0 unspecified atom stereocenters. The zero-order chi connectivity index (χ0) is 16.5. The monoisotopic (exact) mass is 326 g/mol. The molecule has 3 nitrogen and oxygen atoms in total. The lowest BCUT2D eigenvalue weighted by atomic mass is 9.83. The van der Waals surface area contributed by atoms with E-state index in [2.05, 4.69) is 22.4 Å². The molecule has 2 N–H and O–H groups in total. The molecule has 1 atom stereocenters. The van der Waals surface area contributed by atoms with Crippen LogP contribution in [0.3, 0.4) is 0 Å². The van der Waals surface area contributed by atoms with Gasteiger partial charge in [-0.25, -0.2) is 0 Å². The molecule has 1 aromatic rings. The van der Waals surface area contributed by atoms with Crippen molar-refractivity contribution in [2.45, 2.75) is 30.7 Å². The molecule has 0 aromatic heterocycles. The molecule has 1 aromatic carbocycles. The second kappa shape index (κ2) is 6.26. The van der Waals surface area contributed by atoms with Crippen LogP contribution in [0.2, 0.25) is 0 Å². The van der Waals surface area contributed by atoms with Gasteiger partial charge in [-0.1, -0.05) is 24.3 Å². The first-order valence-electron chi connectivity index (χ1n) is 7.89. The van der Waals surface area contributed by atoms with Crippen molar-refractivity contribution in [3.63, 3.8) is 0 Å². The molecule has 1 saturated heterocycles. The van der Waals surface area contributed by atoms with Gasteiger partial charge in [0.05, 0.1) is 11.2 Å². The van der Waals surface area contributed by atoms with Crippen molar-refractivity contribution in [1.82, 2.24) is 10.2 Å². The minimum Gasteiger partial charge on any atom is -0.385 e. The van der Waals surface area contributed by atoms with Crippen LogP contribution in [0.25, 0.3) is 0 Å². The lowest BCUT2D eigenvalue weighted by Gasteiger charge is -2.39. The second-order valence-corrected chi connectivity index (χ2v) is 6.35. The summed E-state index contributed by atoms with van der Waals surface area (Å²) in [5.41, 5.74) is -1.51. The highest BCUT2D eigenvalue weighted by Crippen LogP contribution is 2.36. The van der Waals surface area contributed by atoms with Crippen molar-refractivity contribution in [3.05, 3.63) is 47.5 Å². The van der Waals surface area contributed by atoms with E-state index in [9.17, 15) is 18.3 Å². The van der Waals surface area contributed by atoms with Crippen molar-refractivity contribution in [2.24, 2.45) is 0 Å². The Morgan fingerprint density at radius 2 is 2.00 bits per heavy atom. The summed E-state index contributed by atoms with van der Waals surface area (Å²) in [7, 11) is 0. The number of hydrogen-bond acceptors (Lipinski definition) is 3. The number of nitrogens with zero attached hydrogens (tertiary/aromatic N) is 1. The topological polar surface area (TPSA) is 35.5 Å². The Bertz CT molecular complexity index is 577. The third-order valence-electron chi connectivity index (χ3n) is 4.73. The highest BCUT2D eigenvalue weighted by molar-refractivity contribution is 5.30. The molecule has 126 valence electrons. The average molecular weight is 326 g/mol. The number of piperidine rings is 1. The molecule has 0 aliphatic carbocycles. The van der Waals surface area contributed by atoms with Crippen LogP contribution in [-0.2, 0) is 11.8 Å². The summed E-state index contributed by atoms with van der Waals surface area (Å²) in [6.45, 7) is 3.11. The fourth-order valence-electron chi connectivity index (χ4n) is 3.30. The summed E-state index contributed by atoms with van der Waals surface area (Å²) in [6, 6.07) is 5.41. The molecule has 0 amide bonds. The van der Waals surface area contributed by atoms with Crippen LogP contribution in [0.15, 0.2) is 36.4 Å². The van der Waals surface area contributed by atoms with Crippen molar-refractivity contribution in [1.29, 1.82) is 0 Å². The van der Waals surface area contributed by atoms with Crippen molar-refractivity contribution >= 4 is 0 Å². The minimum atomic E-state index is -4.38. The molecule has 6 heteroatoms. The van der Waals surface area contributed by atoms with Crippen LogP contribution in [0.5, 0.6) is 0 Å². The van der Waals surface area contributed by atoms with Crippen molar-refractivity contribution in [3.8, 4) is 0 Å². The van der Waals surface area contributed by atoms with Crippen LogP contribution in [0, 0.1) is 0 Å². The third-order valence-corrected chi connectivity index (χ3v) is 4.73. The lowest BCUT2D eigenvalue weighted by molar-refractivity contribution is -0.137. The summed E-state index contributed by atoms with van der Waals surface area (Å²) in [5, 5.41) is 14.1. The van der Waals surface area contributed by atoms with Gasteiger partial charge in [-0.3, -0.25) is 0 Å². The highest BCUT2D eigenvalue weighted by atomic mass is 19.4. The third kappa shape index (κ3) is 3.76. The first-order valence-corrected chi connectivity index (χ1v) is 7.89. The van der Waals surface area contributed by atoms with Crippen LogP contribution < -0.4 is 5.32 Å². The van der Waals surface area contributed by atoms with Gasteiger partial charge in [-0.05, 0) is 30.5 Å². The van der Waals surface area contributed by atoms with Crippen LogP contribution >= 0.6 is 0 Å². The SMILES string of the molecule is OC1(c2cccc(C(F)(F)F)c2)CCN(C[C@@H]2C=CCN2)CC1. The predicted octanol–water partition coefficient (Wildman–Crippen LogP) is 2.52. The molecular formula is C17H21F3N2O. The zero-order valence-electron chi connectivity index (χ0n) is 12.8. The number of likely N-dealkylation sites (tertiary alicyclic amines) is 1. The maximum absolute atomic E-state index is 12.8. The first kappa shape index (κ1) is 16.5. The second-order valence-electron chi connectivity index (χ2n) is 6.35. The van der Waals surface area contributed by atoms with Gasteiger partial charge in [-0.2, -0.15) is 13.2 Å². The normalized spacial score (nSPS) is 25.0. The molecule has 23 heavy (non-hydrogen) atoms. The van der Waals surface area contributed by atoms with E-state index < -0.39 is 17.3 Å². The molecule has 3 rings (SSSR count). The van der Waals surface area contributed by atoms with E-state index in [1.54, 1.807) is 6.07 Å². The van der Waals surface area contributed by atoms with Gasteiger partial charge in [0.2, 0.25) is 0 Å². The van der Waals surface area contributed by atoms with E-state index in [1.807, 2.05) is 0 Å². The minimum absolute atomic E-state index is 0.328. The van der Waals surface area contributed by atoms with Gasteiger partial charge in [0.25, 0.3) is 0 Å². The Kier molecular flexibility index (Phi) is 4.49. The summed E-state index contributed by atoms with van der Waals surface area (Å²) in [4.78, 5) is 2.25. The Balaban J connectivity index is 1.66. The molecule has 2 aliphatic heterocycles. The Morgan fingerprint density at radius 1 is 1.26 bits per heavy atom. The average Bonchev–Trinajstić information content (AvgIpc) is 3.02. The number of halogens is 3. The summed E-state index contributed by atoms with van der Waals surface area (Å²) < 4.78 is 38.5. The maximum Gasteiger partial charge on any atom is 0.416 e. The van der Waals surface area contributed by atoms with Crippen LogP contribution in [0.1, 0.15) is 24.0 Å². The highest BCUT2D eigenvalue weighted by Gasteiger charge is 2.37. The summed E-state index contributed by atoms with van der Waals surface area (Å²) in [5.74, 6) is 0. The molecule has 2 heterocycles. The van der Waals surface area contributed by atoms with Gasteiger partial charge in [0.1, 0.15) is 0 Å². The van der Waals surface area contributed by atoms with Crippen LogP contribution in [0.4, 0.5) is 13.2 Å². The molecular weight excluding hydrogens is 305 g/mol. The molecule has 0 radical (unpaired) electrons. The van der Waals surface area contributed by atoms with Gasteiger partial charge in [0.15, 0.2) is 0 Å². The number of benzene rings is 1. The van der Waals surface area contributed by atoms with Gasteiger partial charge in [-0.15, -0.1) is 0 Å². The number of nitrogens with one attached hydrogen (secondary N) is 1. The summed E-state index contributed by atoms with van der Waals surface area (Å²) in [6.07, 6.45) is 0.740. The standard InChI is InChI=1S/C17H21F3N2O/c18-17(19,20)14-4-1-3-13(11-14)16(23)6-9-22(10-7-16)12-15-5-2-8-21-15/h1-5,11,15,21,23H,6-10,12H2/t15-/m0/s1. The van der Waals surface area contributed by atoms with Gasteiger partial charge in [0, 0.05) is 32.2 Å². The van der Waals surface area contributed by atoms with Crippen LogP contribution in [-0.4, -0.2) is 42.2 Å². The maximum atomic E-state index is 12.8. The van der Waals surface area contributed by atoms with Gasteiger partial charge >= 0.3 is 6.18 Å². The fourth-order valence-corrected chi connectivity index (χ4v) is 3.30. The molecule has 0 spiro atoms. The molecule has 0 bridgehead atoms. The number of hydrogen-bond donors (Lipinski definition) is 2. The summed E-state index contributed by atoms with van der Waals surface area (Å²) >= 11 is 0. The molecule has 2 aliphatic rings. The van der Waals surface area contributed by atoms with E-state index in [1.165, 1.54) is 6.07 Å². The van der Waals surface area contributed by atoms with E-state index >= 15 is 0 Å². The Morgan fingerprint density at radius 3 is 2.61 bits per heavy atom. The van der Waals surface area contributed by atoms with Crippen molar-refractivity contribution < 1.29 is 18.3 Å². The number of rotatable bonds is 3. The fraction of sp³-hybridized carbons (Fsp3) is 0.529. The quantitative estimate of drug-likeness (QED) is 0.838. The van der Waals surface area contributed by atoms with Gasteiger partial charge < -0.3 is 15.3 Å². The number of aliphatic hydroxyl groups is 1. The van der Waals surface area contributed by atoms with E-state index in [-0.39, 0.29) is 0 Å². The lowest BCUT2D eigenvalue weighted by Crippen LogP contribution is -2.46. The van der Waals surface area contributed by atoms with E-state index in [0.717, 1.165) is 25.2 Å². The predicted molar refractivity (Wildman–Crippen MR) is 81.9 cm³/mol. The number of alkyl halides is 3. The zero-order valence-corrected chi connectivity index (χ0v) is 12.8. The largest absolute Gasteiger partial charge is 0.416 e. The molecule has 1 fully saturated rings. The smallest absolute Gasteiger partial charge is 0.385 e. The Hall–Kier alpha value is -1.37. The molecule has 0 saturated carbocycles. The Labute approximate surface area is 133 Å². The van der Waals surface area contributed by atoms with Crippen molar-refractivity contribution in [2.75, 3.05) is 26.2 Å². The van der Waals surface area contributed by atoms with E-state index in [0.29, 0.717) is 37.5 Å².